The fourth-order valence-corrected chi connectivity index (χ4v) is 18.4. The molecule has 2 spiro atoms. The van der Waals surface area contributed by atoms with Gasteiger partial charge in [0, 0.05) is 73.6 Å². The maximum atomic E-state index is 6.46. The van der Waals surface area contributed by atoms with E-state index in [9.17, 15) is 0 Å². The highest BCUT2D eigenvalue weighted by atomic mass is 32.2. The van der Waals surface area contributed by atoms with Gasteiger partial charge in [-0.15, -0.1) is 22.7 Å². The van der Waals surface area contributed by atoms with Crippen LogP contribution in [-0.2, 0) is 10.8 Å². The summed E-state index contributed by atoms with van der Waals surface area (Å²) in [6.45, 7) is 0. The van der Waals surface area contributed by atoms with E-state index >= 15 is 0 Å². The maximum Gasteiger partial charge on any atom is 0.135 e. The SMILES string of the molecule is c1ccc(N(c2ccc3oc4ccccc4c3c2)c2cc3c(s2)C2(c4ccccc4Sc4ccccc42)c2cc(N(c4ccccc4)c4ccc5oc6ccccc6c5c4)sc2C32c3ccccc3Sc3ccccc32)cc1. The summed E-state index contributed by atoms with van der Waals surface area (Å²) in [5.74, 6) is 0. The smallest absolute Gasteiger partial charge is 0.135 e. The summed E-state index contributed by atoms with van der Waals surface area (Å²) in [4.78, 5) is 12.7. The van der Waals surface area contributed by atoms with Gasteiger partial charge in [-0.3, -0.25) is 0 Å². The van der Waals surface area contributed by atoms with Gasteiger partial charge in [0.1, 0.15) is 32.3 Å². The molecule has 0 unspecified atom stereocenters. The van der Waals surface area contributed by atoms with E-state index in [4.69, 9.17) is 8.83 Å². The molecule has 10 aromatic carbocycles. The summed E-state index contributed by atoms with van der Waals surface area (Å²) >= 11 is 7.65. The molecule has 0 radical (unpaired) electrons. The van der Waals surface area contributed by atoms with Gasteiger partial charge < -0.3 is 18.6 Å². The Bertz CT molecular complexity index is 4300. The number of benzene rings is 10. The molecule has 8 heteroatoms. The first-order valence-electron chi connectivity index (χ1n) is 26.2. The third-order valence-corrected chi connectivity index (χ3v) is 21.0. The quantitative estimate of drug-likeness (QED) is 0.165. The lowest BCUT2D eigenvalue weighted by Gasteiger charge is -2.51. The van der Waals surface area contributed by atoms with Crippen LogP contribution < -0.4 is 9.80 Å². The lowest BCUT2D eigenvalue weighted by atomic mass is 9.55. The van der Waals surface area contributed by atoms with E-state index < -0.39 is 10.8 Å². The van der Waals surface area contributed by atoms with E-state index in [-0.39, 0.29) is 0 Å². The van der Waals surface area contributed by atoms with Crippen LogP contribution in [-0.4, -0.2) is 0 Å². The molecule has 0 N–H and O–H groups in total. The summed E-state index contributed by atoms with van der Waals surface area (Å²) in [6.07, 6.45) is 0. The Morgan fingerprint density at radius 3 is 1.00 bits per heavy atom. The van der Waals surface area contributed by atoms with E-state index in [0.717, 1.165) is 76.6 Å². The van der Waals surface area contributed by atoms with E-state index in [1.807, 2.05) is 58.3 Å². The molecule has 1 aliphatic carbocycles. The Kier molecular flexibility index (Phi) is 9.72. The van der Waals surface area contributed by atoms with Crippen LogP contribution in [0, 0.1) is 0 Å². The van der Waals surface area contributed by atoms with Crippen molar-refractivity contribution in [2.45, 2.75) is 30.4 Å². The van der Waals surface area contributed by atoms with E-state index in [1.165, 1.54) is 62.7 Å². The van der Waals surface area contributed by atoms with E-state index in [0.29, 0.717) is 0 Å². The van der Waals surface area contributed by atoms with E-state index in [2.05, 4.69) is 252 Å². The number of thiophene rings is 2. The molecule has 0 saturated heterocycles. The third kappa shape index (κ3) is 6.20. The van der Waals surface area contributed by atoms with Crippen molar-refractivity contribution in [3.05, 3.63) is 298 Å². The molecule has 17 rings (SSSR count). The lowest BCUT2D eigenvalue weighted by molar-refractivity contribution is 0.609. The van der Waals surface area contributed by atoms with Crippen molar-refractivity contribution in [3.8, 4) is 0 Å². The number of para-hydroxylation sites is 4. The highest BCUT2D eigenvalue weighted by Crippen LogP contribution is 2.71. The van der Waals surface area contributed by atoms with Crippen LogP contribution >= 0.6 is 46.2 Å². The maximum absolute atomic E-state index is 6.46. The minimum Gasteiger partial charge on any atom is -0.456 e. The Labute approximate surface area is 466 Å². The van der Waals surface area contributed by atoms with Gasteiger partial charge in [-0.25, -0.2) is 0 Å². The Morgan fingerprint density at radius 2 is 0.603 bits per heavy atom. The Balaban J connectivity index is 1.02. The first-order chi connectivity index (χ1) is 38.6. The monoisotopic (exact) mass is 1070 g/mol. The van der Waals surface area contributed by atoms with Gasteiger partial charge in [-0.05, 0) is 143 Å². The van der Waals surface area contributed by atoms with Gasteiger partial charge in [-0.1, -0.05) is 169 Å². The number of nitrogens with zero attached hydrogens (tertiary/aromatic N) is 2. The van der Waals surface area contributed by atoms with Gasteiger partial charge in [0.15, 0.2) is 0 Å². The zero-order valence-corrected chi connectivity index (χ0v) is 44.9. The van der Waals surface area contributed by atoms with Gasteiger partial charge >= 0.3 is 0 Å². The second-order valence-electron chi connectivity index (χ2n) is 20.2. The largest absolute Gasteiger partial charge is 0.456 e. The van der Waals surface area contributed by atoms with Crippen molar-refractivity contribution in [1.29, 1.82) is 0 Å². The molecule has 2 aliphatic heterocycles. The number of hydrogen-bond donors (Lipinski definition) is 0. The average Bonchev–Trinajstić information content (AvgIpc) is 3.35. The first-order valence-corrected chi connectivity index (χ1v) is 29.5. The van der Waals surface area contributed by atoms with Crippen LogP contribution in [0.1, 0.15) is 43.1 Å². The highest BCUT2D eigenvalue weighted by Gasteiger charge is 2.60. The number of anilines is 6. The molecule has 4 nitrogen and oxygen atoms in total. The fraction of sp³-hybridized carbons (Fsp3) is 0.0286. The molecule has 0 saturated carbocycles. The molecule has 0 atom stereocenters. The molecule has 4 aromatic heterocycles. The molecule has 3 aliphatic rings. The van der Waals surface area contributed by atoms with E-state index in [1.54, 1.807) is 0 Å². The predicted octanol–water partition coefficient (Wildman–Crippen LogP) is 20.6. The first kappa shape index (κ1) is 44.6. The summed E-state index contributed by atoms with van der Waals surface area (Å²) in [6, 6.07) is 94.1. The normalized spacial score (nSPS) is 14.3. The summed E-state index contributed by atoms with van der Waals surface area (Å²) < 4.78 is 12.9. The van der Waals surface area contributed by atoms with Crippen LogP contribution in [0.25, 0.3) is 43.9 Å². The topological polar surface area (TPSA) is 32.8 Å². The summed E-state index contributed by atoms with van der Waals surface area (Å²) in [5.41, 5.74) is 14.2. The van der Waals surface area contributed by atoms with Gasteiger partial charge in [0.25, 0.3) is 0 Å². The second-order valence-corrected chi connectivity index (χ2v) is 24.5. The standard InChI is InChI=1S/C70H42N2O2S4/c1-3-19-43(20-4-1)71(45-35-37-59-49(39-45)47-23-7-13-29-57(47)73-59)65-41-55-67(77-65)70(53-27-11-17-33-63(53)76-64-34-18-12-28-54(64)70)56-42-66(78-68(56)69(55)51-25-9-15-31-61(51)75-62-32-16-10-26-52(62)69)72(44-21-5-2-6-22-44)46-36-38-60-50(40-46)48-24-8-14-30-58(48)74-60/h1-42H. The molecule has 0 fully saturated rings. The molecule has 0 amide bonds. The molecular weight excluding hydrogens is 1030 g/mol. The molecule has 6 heterocycles. The van der Waals surface area contributed by atoms with Crippen LogP contribution in [0.4, 0.5) is 32.8 Å². The van der Waals surface area contributed by atoms with Crippen molar-refractivity contribution >= 4 is 123 Å². The van der Waals surface area contributed by atoms with Crippen molar-refractivity contribution in [2.75, 3.05) is 9.80 Å². The number of hydrogen-bond acceptors (Lipinski definition) is 8. The van der Waals surface area contributed by atoms with Crippen molar-refractivity contribution < 1.29 is 8.83 Å². The summed E-state index contributed by atoms with van der Waals surface area (Å²) in [7, 11) is 0. The van der Waals surface area contributed by atoms with Gasteiger partial charge in [0.2, 0.25) is 0 Å². The van der Waals surface area contributed by atoms with Crippen LogP contribution in [0.5, 0.6) is 0 Å². The highest BCUT2D eigenvalue weighted by molar-refractivity contribution is 7.99. The molecular formula is C70H42N2O2S4. The van der Waals surface area contributed by atoms with Crippen molar-refractivity contribution in [3.63, 3.8) is 0 Å². The zero-order chi connectivity index (χ0) is 51.1. The van der Waals surface area contributed by atoms with Gasteiger partial charge in [0.05, 0.1) is 10.8 Å². The van der Waals surface area contributed by atoms with Crippen molar-refractivity contribution in [2.24, 2.45) is 0 Å². The summed E-state index contributed by atoms with van der Waals surface area (Å²) in [5, 5.41) is 6.68. The Hall–Kier alpha value is -8.50. The van der Waals surface area contributed by atoms with Crippen molar-refractivity contribution in [1.82, 2.24) is 0 Å². The third-order valence-electron chi connectivity index (χ3n) is 16.2. The molecule has 14 aromatic rings. The van der Waals surface area contributed by atoms with Crippen LogP contribution in [0.15, 0.2) is 283 Å². The number of fused-ring (bicyclic) bond motifs is 20. The number of rotatable bonds is 6. The van der Waals surface area contributed by atoms with Crippen LogP contribution in [0.2, 0.25) is 0 Å². The fourth-order valence-electron chi connectivity index (χ4n) is 13.1. The second kappa shape index (κ2) is 17.0. The lowest BCUT2D eigenvalue weighted by Crippen LogP contribution is -2.45. The average molecular weight is 1070 g/mol. The molecule has 78 heavy (non-hydrogen) atoms. The van der Waals surface area contributed by atoms with Gasteiger partial charge in [-0.2, -0.15) is 0 Å². The Morgan fingerprint density at radius 1 is 0.269 bits per heavy atom. The molecule has 0 bridgehead atoms. The minimum absolute atomic E-state index is 0.735. The zero-order valence-electron chi connectivity index (χ0n) is 41.6. The number of furan rings is 2. The minimum atomic E-state index is -0.735. The molecule has 368 valence electrons. The van der Waals surface area contributed by atoms with Crippen LogP contribution in [0.3, 0.4) is 0 Å². The predicted molar refractivity (Wildman–Crippen MR) is 325 cm³/mol.